The predicted octanol–water partition coefficient (Wildman–Crippen LogP) is 2.10. The van der Waals surface area contributed by atoms with Crippen molar-refractivity contribution >= 4 is 0 Å². The van der Waals surface area contributed by atoms with Gasteiger partial charge in [0.05, 0.1) is 13.2 Å². The van der Waals surface area contributed by atoms with E-state index in [0.29, 0.717) is 12.1 Å². The Hall–Kier alpha value is -1.41. The average Bonchev–Trinajstić information content (AvgIpc) is 3.19. The topological polar surface area (TPSA) is 26.7 Å². The second-order valence-corrected chi connectivity index (χ2v) is 6.55. The molecular weight excluding hydrogens is 291 g/mol. The standard InChI is InChI=1S/C19H25FN2O/c20-17-9-7-16(8-10-17)4-1-11-21-12-2-5-18(21)14-22-13-3-6-19(22)15-23/h7-10,18-19,23H,2-3,5-6,11-15H2. The minimum absolute atomic E-state index is 0.223. The van der Waals surface area contributed by atoms with Crippen LogP contribution in [0.1, 0.15) is 31.2 Å². The molecule has 2 unspecified atom stereocenters. The number of likely N-dealkylation sites (tertiary alicyclic amines) is 2. The molecular formula is C19H25FN2O. The molecule has 0 bridgehead atoms. The van der Waals surface area contributed by atoms with Crippen molar-refractivity contribution in [1.29, 1.82) is 0 Å². The summed E-state index contributed by atoms with van der Waals surface area (Å²) in [4.78, 5) is 4.89. The summed E-state index contributed by atoms with van der Waals surface area (Å²) >= 11 is 0. The van der Waals surface area contributed by atoms with Gasteiger partial charge in [-0.05, 0) is 63.0 Å². The first-order chi connectivity index (χ1) is 11.3. The zero-order chi connectivity index (χ0) is 16.1. The fourth-order valence-corrected chi connectivity index (χ4v) is 3.70. The Morgan fingerprint density at radius 2 is 1.74 bits per heavy atom. The van der Waals surface area contributed by atoms with Crippen molar-refractivity contribution in [1.82, 2.24) is 9.80 Å². The maximum absolute atomic E-state index is 12.9. The number of benzene rings is 1. The molecule has 3 rings (SSSR count). The predicted molar refractivity (Wildman–Crippen MR) is 89.6 cm³/mol. The van der Waals surface area contributed by atoms with Crippen LogP contribution in [0.15, 0.2) is 24.3 Å². The molecule has 1 aromatic rings. The molecule has 124 valence electrons. The number of hydrogen-bond donors (Lipinski definition) is 1. The van der Waals surface area contributed by atoms with Gasteiger partial charge >= 0.3 is 0 Å². The summed E-state index contributed by atoms with van der Waals surface area (Å²) in [6, 6.07) is 7.24. The highest BCUT2D eigenvalue weighted by Gasteiger charge is 2.30. The number of hydrogen-bond acceptors (Lipinski definition) is 3. The van der Waals surface area contributed by atoms with Crippen LogP contribution in [0.25, 0.3) is 0 Å². The molecule has 2 heterocycles. The van der Waals surface area contributed by atoms with Gasteiger partial charge in [-0.3, -0.25) is 9.80 Å². The minimum atomic E-state index is -0.223. The first-order valence-corrected chi connectivity index (χ1v) is 8.59. The number of nitrogens with zero attached hydrogens (tertiary/aromatic N) is 2. The lowest BCUT2D eigenvalue weighted by molar-refractivity contribution is 0.127. The average molecular weight is 316 g/mol. The molecule has 3 nitrogen and oxygen atoms in total. The van der Waals surface area contributed by atoms with Crippen molar-refractivity contribution < 1.29 is 9.50 Å². The highest BCUT2D eigenvalue weighted by atomic mass is 19.1. The zero-order valence-electron chi connectivity index (χ0n) is 13.5. The van der Waals surface area contributed by atoms with Gasteiger partial charge in [0.15, 0.2) is 0 Å². The van der Waals surface area contributed by atoms with Gasteiger partial charge in [0.1, 0.15) is 5.82 Å². The third-order valence-electron chi connectivity index (χ3n) is 5.01. The van der Waals surface area contributed by atoms with Crippen LogP contribution in [0.3, 0.4) is 0 Å². The van der Waals surface area contributed by atoms with Crippen LogP contribution < -0.4 is 0 Å². The van der Waals surface area contributed by atoms with Crippen LogP contribution in [0.4, 0.5) is 4.39 Å². The van der Waals surface area contributed by atoms with E-state index in [2.05, 4.69) is 21.6 Å². The number of aliphatic hydroxyl groups is 1. The summed E-state index contributed by atoms with van der Waals surface area (Å²) in [5.74, 6) is 6.13. The normalized spacial score (nSPS) is 25.5. The summed E-state index contributed by atoms with van der Waals surface area (Å²) in [7, 11) is 0. The van der Waals surface area contributed by atoms with E-state index >= 15 is 0 Å². The maximum Gasteiger partial charge on any atom is 0.123 e. The van der Waals surface area contributed by atoms with Crippen molar-refractivity contribution in [3.05, 3.63) is 35.6 Å². The number of rotatable bonds is 4. The minimum Gasteiger partial charge on any atom is -0.395 e. The van der Waals surface area contributed by atoms with Crippen LogP contribution in [0.2, 0.25) is 0 Å². The van der Waals surface area contributed by atoms with Crippen LogP contribution >= 0.6 is 0 Å². The summed E-state index contributed by atoms with van der Waals surface area (Å²) in [6.07, 6.45) is 4.75. The van der Waals surface area contributed by atoms with Gasteiger partial charge in [-0.25, -0.2) is 4.39 Å². The van der Waals surface area contributed by atoms with Crippen LogP contribution in [0.5, 0.6) is 0 Å². The summed E-state index contributed by atoms with van der Waals surface area (Å²) in [5.41, 5.74) is 0.863. The lowest BCUT2D eigenvalue weighted by Gasteiger charge is -2.30. The summed E-state index contributed by atoms with van der Waals surface area (Å²) in [5, 5.41) is 9.46. The van der Waals surface area contributed by atoms with Crippen molar-refractivity contribution in [2.75, 3.05) is 32.8 Å². The molecule has 1 aromatic carbocycles. The molecule has 1 N–H and O–H groups in total. The molecule has 2 atom stereocenters. The van der Waals surface area contributed by atoms with E-state index in [9.17, 15) is 9.50 Å². The first-order valence-electron chi connectivity index (χ1n) is 8.59. The molecule has 0 saturated carbocycles. The molecule has 0 aliphatic carbocycles. The fraction of sp³-hybridized carbons (Fsp3) is 0.579. The SMILES string of the molecule is OCC1CCCN1CC1CCCN1CC#Cc1ccc(F)cc1. The molecule has 0 radical (unpaired) electrons. The highest BCUT2D eigenvalue weighted by molar-refractivity contribution is 5.34. The Kier molecular flexibility index (Phi) is 5.66. The molecule has 2 aliphatic heterocycles. The Balaban J connectivity index is 1.54. The Morgan fingerprint density at radius 3 is 2.48 bits per heavy atom. The molecule has 0 aromatic heterocycles. The Bertz CT molecular complexity index is 563. The van der Waals surface area contributed by atoms with Gasteiger partial charge < -0.3 is 5.11 Å². The zero-order valence-corrected chi connectivity index (χ0v) is 13.5. The molecule has 2 saturated heterocycles. The monoisotopic (exact) mass is 316 g/mol. The lowest BCUT2D eigenvalue weighted by atomic mass is 10.2. The molecule has 0 amide bonds. The third-order valence-corrected chi connectivity index (χ3v) is 5.01. The number of aliphatic hydroxyl groups excluding tert-OH is 1. The van der Waals surface area contributed by atoms with Crippen LogP contribution in [0, 0.1) is 17.7 Å². The third kappa shape index (κ3) is 4.32. The molecule has 4 heteroatoms. The van der Waals surface area contributed by atoms with Crippen molar-refractivity contribution in [3.63, 3.8) is 0 Å². The first kappa shape index (κ1) is 16.4. The van der Waals surface area contributed by atoms with Gasteiger partial charge in [0.2, 0.25) is 0 Å². The van der Waals surface area contributed by atoms with Crippen molar-refractivity contribution in [2.24, 2.45) is 0 Å². The second kappa shape index (κ2) is 7.92. The Labute approximate surface area is 138 Å². The van der Waals surface area contributed by atoms with Gasteiger partial charge in [-0.15, -0.1) is 0 Å². The van der Waals surface area contributed by atoms with E-state index < -0.39 is 0 Å². The summed E-state index contributed by atoms with van der Waals surface area (Å²) < 4.78 is 12.9. The van der Waals surface area contributed by atoms with E-state index in [0.717, 1.165) is 38.2 Å². The molecule has 2 aliphatic rings. The smallest absolute Gasteiger partial charge is 0.123 e. The summed E-state index contributed by atoms with van der Waals surface area (Å²) in [6.45, 7) is 4.29. The number of halogens is 1. The van der Waals surface area contributed by atoms with Crippen LogP contribution in [-0.4, -0.2) is 59.8 Å². The van der Waals surface area contributed by atoms with Gasteiger partial charge in [0, 0.05) is 24.2 Å². The largest absolute Gasteiger partial charge is 0.395 e. The molecule has 23 heavy (non-hydrogen) atoms. The highest BCUT2D eigenvalue weighted by Crippen LogP contribution is 2.22. The van der Waals surface area contributed by atoms with Gasteiger partial charge in [-0.1, -0.05) is 11.8 Å². The van der Waals surface area contributed by atoms with E-state index in [1.165, 1.54) is 31.4 Å². The fourth-order valence-electron chi connectivity index (χ4n) is 3.70. The van der Waals surface area contributed by atoms with E-state index in [-0.39, 0.29) is 12.4 Å². The van der Waals surface area contributed by atoms with E-state index in [1.54, 1.807) is 12.1 Å². The maximum atomic E-state index is 12.9. The van der Waals surface area contributed by atoms with Crippen molar-refractivity contribution in [2.45, 2.75) is 37.8 Å². The van der Waals surface area contributed by atoms with Gasteiger partial charge in [-0.2, -0.15) is 0 Å². The molecule has 2 fully saturated rings. The van der Waals surface area contributed by atoms with Gasteiger partial charge in [0.25, 0.3) is 0 Å². The molecule has 0 spiro atoms. The Morgan fingerprint density at radius 1 is 1.04 bits per heavy atom. The van der Waals surface area contributed by atoms with E-state index in [1.807, 2.05) is 0 Å². The second-order valence-electron chi connectivity index (χ2n) is 6.55. The quantitative estimate of drug-likeness (QED) is 0.862. The van der Waals surface area contributed by atoms with Crippen molar-refractivity contribution in [3.8, 4) is 11.8 Å². The van der Waals surface area contributed by atoms with E-state index in [4.69, 9.17) is 0 Å². The lowest BCUT2D eigenvalue weighted by Crippen LogP contribution is -2.43. The van der Waals surface area contributed by atoms with Crippen LogP contribution in [-0.2, 0) is 0 Å².